The second-order valence-electron chi connectivity index (χ2n) is 4.75. The molecule has 1 N–H and O–H groups in total. The Morgan fingerprint density at radius 1 is 0.909 bits per heavy atom. The summed E-state index contributed by atoms with van der Waals surface area (Å²) >= 11 is -4.75. The molecule has 2 aromatic carbocycles. The minimum atomic E-state index is -4.75. The van der Waals surface area contributed by atoms with Crippen LogP contribution in [0.25, 0.3) is 10.9 Å². The summed E-state index contributed by atoms with van der Waals surface area (Å²) in [7, 11) is 0. The predicted molar refractivity (Wildman–Crippen MR) is 76.1 cm³/mol. The third kappa shape index (κ3) is 2.53. The summed E-state index contributed by atoms with van der Waals surface area (Å²) in [6.45, 7) is 0. The minimum absolute atomic E-state index is 0.0252. The van der Waals surface area contributed by atoms with E-state index in [0.717, 1.165) is 29.7 Å². The Balaban J connectivity index is 2.05. The van der Waals surface area contributed by atoms with Gasteiger partial charge in [-0.05, 0) is 0 Å². The number of fused-ring (bicyclic) bond motifs is 1. The molecule has 0 aliphatic heterocycles. The van der Waals surface area contributed by atoms with E-state index in [0.29, 0.717) is 5.52 Å². The zero-order valence-electron chi connectivity index (χ0n) is 11.1. The maximum atomic E-state index is 12.5. The van der Waals surface area contributed by atoms with Gasteiger partial charge in [-0.15, -0.1) is 0 Å². The number of hydrogen-bond donors (Lipinski definition) is 1. The molecule has 3 aromatic rings. The average molecular weight is 372 g/mol. The van der Waals surface area contributed by atoms with Gasteiger partial charge < -0.3 is 0 Å². The van der Waals surface area contributed by atoms with Crippen molar-refractivity contribution in [1.82, 2.24) is 4.98 Å². The topological polar surface area (TPSA) is 49.9 Å². The van der Waals surface area contributed by atoms with Gasteiger partial charge in [-0.1, -0.05) is 0 Å². The number of rotatable bonds is 2. The summed E-state index contributed by atoms with van der Waals surface area (Å²) in [6.07, 6.45) is -4.49. The van der Waals surface area contributed by atoms with E-state index < -0.39 is 24.4 Å². The monoisotopic (exact) mass is 373 g/mol. The van der Waals surface area contributed by atoms with Crippen LogP contribution in [0.15, 0.2) is 54.6 Å². The molecule has 114 valence electrons. The van der Waals surface area contributed by atoms with Crippen LogP contribution in [0.3, 0.4) is 0 Å². The molecule has 7 heteroatoms. The van der Waals surface area contributed by atoms with Crippen LogP contribution in [0.1, 0.15) is 5.56 Å². The van der Waals surface area contributed by atoms with Gasteiger partial charge in [-0.2, -0.15) is 0 Å². The number of alkyl halides is 3. The molecule has 0 atom stereocenters. The van der Waals surface area contributed by atoms with Crippen LogP contribution in [-0.4, -0.2) is 17.7 Å². The van der Waals surface area contributed by atoms with Gasteiger partial charge in [0.1, 0.15) is 0 Å². The van der Waals surface area contributed by atoms with Gasteiger partial charge in [0.25, 0.3) is 0 Å². The third-order valence-corrected chi connectivity index (χ3v) is 6.84. The van der Waals surface area contributed by atoms with Crippen LogP contribution in [0.2, 0.25) is 0 Å². The van der Waals surface area contributed by atoms with E-state index >= 15 is 0 Å². The number of nitrogens with one attached hydrogen (secondary N) is 1. The fourth-order valence-corrected chi connectivity index (χ4v) is 4.82. The molecule has 3 rings (SSSR count). The first-order valence-corrected chi connectivity index (χ1v) is 9.40. The van der Waals surface area contributed by atoms with Gasteiger partial charge in [0, 0.05) is 0 Å². The first-order valence-electron chi connectivity index (χ1n) is 6.28. The molecule has 0 radical (unpaired) electrons. The first-order chi connectivity index (χ1) is 10.3. The van der Waals surface area contributed by atoms with E-state index in [9.17, 15) is 20.8 Å². The molecule has 3 nitrogen and oxygen atoms in total. The van der Waals surface area contributed by atoms with Crippen LogP contribution < -0.4 is 9.05 Å². The maximum absolute atomic E-state index is 12.5. The van der Waals surface area contributed by atoms with Crippen molar-refractivity contribution < 1.29 is 20.8 Å². The molecule has 0 aliphatic carbocycles. The molecular weight excluding hydrogens is 362 g/mol. The van der Waals surface area contributed by atoms with Gasteiger partial charge in [-0.3, -0.25) is 0 Å². The Bertz CT molecular complexity index is 892. The van der Waals surface area contributed by atoms with Crippen molar-refractivity contribution in [2.45, 2.75) is 6.18 Å². The average Bonchev–Trinajstić information content (AvgIpc) is 2.91. The van der Waals surface area contributed by atoms with Crippen LogP contribution in [0, 0.1) is 0 Å². The Hall–Kier alpha value is -2.11. The quantitative estimate of drug-likeness (QED) is 0.704. The molecule has 0 bridgehead atoms. The van der Waals surface area contributed by atoms with E-state index in [1.165, 1.54) is 6.07 Å². The van der Waals surface area contributed by atoms with Gasteiger partial charge in [0.05, 0.1) is 0 Å². The zero-order valence-corrected chi connectivity index (χ0v) is 12.8. The van der Waals surface area contributed by atoms with Crippen molar-refractivity contribution in [1.29, 1.82) is 0 Å². The van der Waals surface area contributed by atoms with Crippen molar-refractivity contribution >= 4 is 32.7 Å². The van der Waals surface area contributed by atoms with E-state index in [4.69, 9.17) is 0 Å². The van der Waals surface area contributed by atoms with E-state index in [1.807, 2.05) is 0 Å². The summed E-state index contributed by atoms with van der Waals surface area (Å²) < 4.78 is 62.5. The van der Waals surface area contributed by atoms with Crippen LogP contribution in [-0.2, 0) is 13.8 Å². The molecule has 0 aliphatic rings. The third-order valence-electron chi connectivity index (χ3n) is 3.29. The fraction of sp³-hybridized carbons (Fsp3) is 0.0667. The molecule has 22 heavy (non-hydrogen) atoms. The van der Waals surface area contributed by atoms with Gasteiger partial charge >= 0.3 is 125 Å². The molecule has 0 unspecified atom stereocenters. The van der Waals surface area contributed by atoms with Crippen molar-refractivity contribution in [3.05, 3.63) is 60.2 Å². The standard InChI is InChI=1S/C15H10F3NO2Se/c16-15(17,18)11-5-7-12(8-6-11)22(20,21)14-9-10-3-1-2-4-13(10)19-14/h1-9,19H. The molecule has 1 aromatic heterocycles. The second kappa shape index (κ2) is 4.97. The normalized spacial score (nSPS) is 12.7. The number of benzene rings is 2. The second-order valence-corrected chi connectivity index (χ2v) is 8.77. The van der Waals surface area contributed by atoms with Crippen LogP contribution in [0.5, 0.6) is 0 Å². The van der Waals surface area contributed by atoms with E-state index in [2.05, 4.69) is 4.98 Å². The number of halogens is 3. The van der Waals surface area contributed by atoms with Crippen LogP contribution >= 0.6 is 0 Å². The molecule has 1 heterocycles. The zero-order chi connectivity index (χ0) is 16.0. The van der Waals surface area contributed by atoms with E-state index in [1.54, 1.807) is 24.3 Å². The van der Waals surface area contributed by atoms with Crippen molar-refractivity contribution in [3.63, 3.8) is 0 Å². The summed E-state index contributed by atoms with van der Waals surface area (Å²) in [5.74, 6) is 0. The van der Waals surface area contributed by atoms with E-state index in [-0.39, 0.29) is 9.05 Å². The number of aromatic amines is 1. The SMILES string of the molecule is O=[Se](=O)(c1ccc(C(F)(F)F)cc1)c1cc2ccccc2[nH]1. The van der Waals surface area contributed by atoms with Crippen molar-refractivity contribution in [2.24, 2.45) is 0 Å². The molecule has 0 fully saturated rings. The Kier molecular flexibility index (Phi) is 3.34. The summed E-state index contributed by atoms with van der Waals surface area (Å²) in [6, 6.07) is 12.1. The first kappa shape index (κ1) is 14.8. The molecule has 0 saturated heterocycles. The summed E-state index contributed by atoms with van der Waals surface area (Å²) in [5, 5.41) is 0.734. The Labute approximate surface area is 125 Å². The summed E-state index contributed by atoms with van der Waals surface area (Å²) in [5.41, 5.74) is -0.210. The van der Waals surface area contributed by atoms with Crippen LogP contribution in [0.4, 0.5) is 13.2 Å². The fourth-order valence-electron chi connectivity index (χ4n) is 2.14. The predicted octanol–water partition coefficient (Wildman–Crippen LogP) is 2.60. The van der Waals surface area contributed by atoms with Gasteiger partial charge in [-0.25, -0.2) is 0 Å². The Morgan fingerprint density at radius 3 is 2.14 bits per heavy atom. The Morgan fingerprint density at radius 2 is 1.55 bits per heavy atom. The van der Waals surface area contributed by atoms with Crippen molar-refractivity contribution in [3.8, 4) is 0 Å². The van der Waals surface area contributed by atoms with Gasteiger partial charge in [0.15, 0.2) is 0 Å². The summed E-state index contributed by atoms with van der Waals surface area (Å²) in [4.78, 5) is 2.80. The molecular formula is C15H10F3NO2Se. The number of hydrogen-bond acceptors (Lipinski definition) is 2. The number of H-pyrrole nitrogens is 1. The van der Waals surface area contributed by atoms with Crippen molar-refractivity contribution in [2.75, 3.05) is 0 Å². The number of para-hydroxylation sites is 1. The van der Waals surface area contributed by atoms with Gasteiger partial charge in [0.2, 0.25) is 0 Å². The molecule has 0 amide bonds. The molecule has 0 saturated carbocycles. The molecule has 0 spiro atoms. The number of aromatic nitrogens is 1.